The molecule has 0 unspecified atom stereocenters. The summed E-state index contributed by atoms with van der Waals surface area (Å²) in [6.07, 6.45) is 1.20. The highest BCUT2D eigenvalue weighted by Crippen LogP contribution is 2.17. The molecule has 2 N–H and O–H groups in total. The Labute approximate surface area is 70.3 Å². The maximum atomic E-state index is 10.9. The van der Waals surface area contributed by atoms with E-state index in [1.54, 1.807) is 0 Å². The molecule has 0 aromatic heterocycles. The summed E-state index contributed by atoms with van der Waals surface area (Å²) in [6, 6.07) is 0. The van der Waals surface area contributed by atoms with Crippen molar-refractivity contribution in [3.63, 3.8) is 0 Å². The molecule has 0 saturated heterocycles. The van der Waals surface area contributed by atoms with Crippen LogP contribution in [0.15, 0.2) is 11.3 Å². The van der Waals surface area contributed by atoms with Crippen LogP contribution in [0.1, 0.15) is 26.2 Å². The molecule has 1 amide bonds. The number of hydrogen-bond donors (Lipinski definition) is 2. The molecule has 66 valence electrons. The molecule has 1 heterocycles. The summed E-state index contributed by atoms with van der Waals surface area (Å²) in [6.45, 7) is 1.82. The largest absolute Gasteiger partial charge is 0.478 e. The lowest BCUT2D eigenvalue weighted by atomic mass is 10.0. The number of nitrogens with one attached hydrogen (secondary N) is 1. The Morgan fingerprint density at radius 3 is 2.75 bits per heavy atom. The van der Waals surface area contributed by atoms with Crippen LogP contribution < -0.4 is 5.32 Å². The molecule has 0 saturated carbocycles. The first-order valence-corrected chi connectivity index (χ1v) is 3.90. The summed E-state index contributed by atoms with van der Waals surface area (Å²) >= 11 is 0. The van der Waals surface area contributed by atoms with Crippen LogP contribution in [0.25, 0.3) is 0 Å². The first kappa shape index (κ1) is 8.77. The van der Waals surface area contributed by atoms with Crippen molar-refractivity contribution in [2.45, 2.75) is 26.2 Å². The SMILES string of the molecule is CCC1=C(C(=O)O)CCC(=O)N1. The highest BCUT2D eigenvalue weighted by atomic mass is 16.4. The Kier molecular flexibility index (Phi) is 2.47. The average Bonchev–Trinajstić information content (AvgIpc) is 2.03. The average molecular weight is 169 g/mol. The van der Waals surface area contributed by atoms with Gasteiger partial charge in [-0.1, -0.05) is 6.92 Å². The number of aliphatic carboxylic acids is 1. The smallest absolute Gasteiger partial charge is 0.333 e. The van der Waals surface area contributed by atoms with Gasteiger partial charge in [-0.3, -0.25) is 4.79 Å². The predicted octanol–water partition coefficient (Wildman–Crippen LogP) is 0.645. The third-order valence-electron chi connectivity index (χ3n) is 1.87. The number of hydrogen-bond acceptors (Lipinski definition) is 2. The highest BCUT2D eigenvalue weighted by Gasteiger charge is 2.20. The van der Waals surface area contributed by atoms with Gasteiger partial charge in [0.05, 0.1) is 5.57 Å². The molecule has 0 aliphatic carbocycles. The van der Waals surface area contributed by atoms with E-state index in [4.69, 9.17) is 5.11 Å². The lowest BCUT2D eigenvalue weighted by Gasteiger charge is -2.17. The minimum absolute atomic E-state index is 0.0862. The van der Waals surface area contributed by atoms with E-state index in [9.17, 15) is 9.59 Å². The van der Waals surface area contributed by atoms with E-state index in [0.29, 0.717) is 24.1 Å². The number of carboxylic acid groups (broad SMARTS) is 1. The Hall–Kier alpha value is -1.32. The lowest BCUT2D eigenvalue weighted by Crippen LogP contribution is -2.29. The summed E-state index contributed by atoms with van der Waals surface area (Å²) in [5.74, 6) is -1.01. The van der Waals surface area contributed by atoms with Crippen molar-refractivity contribution in [1.82, 2.24) is 5.32 Å². The van der Waals surface area contributed by atoms with Crippen molar-refractivity contribution < 1.29 is 14.7 Å². The molecule has 0 aromatic rings. The first-order valence-electron chi connectivity index (χ1n) is 3.90. The summed E-state index contributed by atoms with van der Waals surface area (Å²) in [7, 11) is 0. The van der Waals surface area contributed by atoms with Crippen molar-refractivity contribution in [2.24, 2.45) is 0 Å². The van der Waals surface area contributed by atoms with Gasteiger partial charge in [-0.25, -0.2) is 4.79 Å². The zero-order valence-corrected chi connectivity index (χ0v) is 6.89. The van der Waals surface area contributed by atoms with Crippen LogP contribution in [-0.4, -0.2) is 17.0 Å². The lowest BCUT2D eigenvalue weighted by molar-refractivity contribution is -0.133. The minimum Gasteiger partial charge on any atom is -0.478 e. The standard InChI is InChI=1S/C8H11NO3/c1-2-6-5(8(11)12)3-4-7(10)9-6/h2-4H2,1H3,(H,9,10)(H,11,12). The van der Waals surface area contributed by atoms with Crippen LogP contribution in [0.2, 0.25) is 0 Å². The third kappa shape index (κ3) is 1.64. The number of carbonyl (C=O) groups is 2. The van der Waals surface area contributed by atoms with E-state index in [2.05, 4.69) is 5.32 Å². The number of allylic oxidation sites excluding steroid dienone is 1. The highest BCUT2D eigenvalue weighted by molar-refractivity contribution is 5.92. The maximum absolute atomic E-state index is 10.9. The van der Waals surface area contributed by atoms with Crippen molar-refractivity contribution in [1.29, 1.82) is 0 Å². The van der Waals surface area contributed by atoms with Crippen LogP contribution in [-0.2, 0) is 9.59 Å². The van der Waals surface area contributed by atoms with E-state index < -0.39 is 5.97 Å². The molecular formula is C8H11NO3. The summed E-state index contributed by atoms with van der Waals surface area (Å²) < 4.78 is 0. The summed E-state index contributed by atoms with van der Waals surface area (Å²) in [5, 5.41) is 11.3. The maximum Gasteiger partial charge on any atom is 0.333 e. The van der Waals surface area contributed by atoms with Gasteiger partial charge in [0.25, 0.3) is 0 Å². The topological polar surface area (TPSA) is 66.4 Å². The number of carboxylic acids is 1. The van der Waals surface area contributed by atoms with Gasteiger partial charge in [0.2, 0.25) is 5.91 Å². The zero-order valence-electron chi connectivity index (χ0n) is 6.89. The molecule has 0 radical (unpaired) electrons. The fourth-order valence-electron chi connectivity index (χ4n) is 1.23. The zero-order chi connectivity index (χ0) is 9.14. The molecule has 1 rings (SSSR count). The molecule has 12 heavy (non-hydrogen) atoms. The normalized spacial score (nSPS) is 17.6. The Morgan fingerprint density at radius 2 is 2.25 bits per heavy atom. The Morgan fingerprint density at radius 1 is 1.58 bits per heavy atom. The van der Waals surface area contributed by atoms with Gasteiger partial charge in [-0.2, -0.15) is 0 Å². The van der Waals surface area contributed by atoms with Gasteiger partial charge in [0, 0.05) is 12.1 Å². The van der Waals surface area contributed by atoms with Crippen LogP contribution in [0, 0.1) is 0 Å². The van der Waals surface area contributed by atoms with E-state index in [-0.39, 0.29) is 12.3 Å². The molecule has 0 atom stereocenters. The third-order valence-corrected chi connectivity index (χ3v) is 1.87. The molecule has 0 spiro atoms. The van der Waals surface area contributed by atoms with Crippen LogP contribution >= 0.6 is 0 Å². The van der Waals surface area contributed by atoms with Gasteiger partial charge in [0.1, 0.15) is 0 Å². The molecular weight excluding hydrogens is 158 g/mol. The molecule has 4 nitrogen and oxygen atoms in total. The second-order valence-corrected chi connectivity index (χ2v) is 2.66. The molecule has 1 aliphatic rings. The van der Waals surface area contributed by atoms with E-state index in [1.807, 2.05) is 6.92 Å². The quantitative estimate of drug-likeness (QED) is 0.637. The Balaban J connectivity index is 2.91. The molecule has 0 bridgehead atoms. The summed E-state index contributed by atoms with van der Waals surface area (Å²) in [4.78, 5) is 21.5. The minimum atomic E-state index is -0.924. The van der Waals surface area contributed by atoms with Gasteiger partial charge >= 0.3 is 5.97 Å². The first-order chi connectivity index (χ1) is 5.65. The molecule has 0 fully saturated rings. The fourth-order valence-corrected chi connectivity index (χ4v) is 1.23. The van der Waals surface area contributed by atoms with Gasteiger partial charge in [-0.15, -0.1) is 0 Å². The van der Waals surface area contributed by atoms with Crippen LogP contribution in [0.4, 0.5) is 0 Å². The number of carbonyl (C=O) groups excluding carboxylic acids is 1. The van der Waals surface area contributed by atoms with Crippen molar-refractivity contribution in [3.05, 3.63) is 11.3 Å². The van der Waals surface area contributed by atoms with Crippen molar-refractivity contribution >= 4 is 11.9 Å². The van der Waals surface area contributed by atoms with E-state index in [1.165, 1.54) is 0 Å². The molecule has 1 aliphatic heterocycles. The van der Waals surface area contributed by atoms with Gasteiger partial charge < -0.3 is 10.4 Å². The second-order valence-electron chi connectivity index (χ2n) is 2.66. The second kappa shape index (κ2) is 3.38. The van der Waals surface area contributed by atoms with E-state index >= 15 is 0 Å². The Bertz CT molecular complexity index is 255. The van der Waals surface area contributed by atoms with Crippen LogP contribution in [0.3, 0.4) is 0 Å². The van der Waals surface area contributed by atoms with Crippen molar-refractivity contribution in [2.75, 3.05) is 0 Å². The van der Waals surface area contributed by atoms with Gasteiger partial charge in [0.15, 0.2) is 0 Å². The molecule has 0 aromatic carbocycles. The van der Waals surface area contributed by atoms with Gasteiger partial charge in [-0.05, 0) is 12.8 Å². The van der Waals surface area contributed by atoms with Crippen LogP contribution in [0.5, 0.6) is 0 Å². The predicted molar refractivity (Wildman–Crippen MR) is 42.3 cm³/mol. The van der Waals surface area contributed by atoms with E-state index in [0.717, 1.165) is 0 Å². The number of rotatable bonds is 2. The fraction of sp³-hybridized carbons (Fsp3) is 0.500. The summed E-state index contributed by atoms with van der Waals surface area (Å²) in [5.41, 5.74) is 0.899. The number of amides is 1. The monoisotopic (exact) mass is 169 g/mol. The van der Waals surface area contributed by atoms with Crippen molar-refractivity contribution in [3.8, 4) is 0 Å². The molecule has 4 heteroatoms.